The number of piperidine rings is 1. The van der Waals surface area contributed by atoms with Crippen LogP contribution in [0.4, 0.5) is 11.4 Å². The van der Waals surface area contributed by atoms with Gasteiger partial charge in [-0.15, -0.1) is 0 Å². The smallest absolute Gasteiger partial charge is 0.292 e. The number of amides is 1. The molecule has 0 aliphatic carbocycles. The molecule has 0 spiro atoms. The Kier molecular flexibility index (Phi) is 4.74. The highest BCUT2D eigenvalue weighted by atomic mass is 16.6. The van der Waals surface area contributed by atoms with Gasteiger partial charge < -0.3 is 15.3 Å². The zero-order chi connectivity index (χ0) is 15.4. The Labute approximate surface area is 122 Å². The fourth-order valence-electron chi connectivity index (χ4n) is 2.44. The maximum Gasteiger partial charge on any atom is 0.292 e. The maximum atomic E-state index is 11.9. The number of rotatable bonds is 4. The molecule has 0 unspecified atom stereocenters. The number of aliphatic hydroxyl groups excluding tert-OH is 1. The predicted molar refractivity (Wildman–Crippen MR) is 78.6 cm³/mol. The van der Waals surface area contributed by atoms with Crippen LogP contribution in [0.1, 0.15) is 30.1 Å². The van der Waals surface area contributed by atoms with E-state index in [0.29, 0.717) is 43.7 Å². The number of nitro benzene ring substituents is 1. The van der Waals surface area contributed by atoms with Crippen molar-refractivity contribution in [3.05, 3.63) is 33.9 Å². The number of carbonyl (C=O) groups excluding carboxylic acids is 1. The zero-order valence-electron chi connectivity index (χ0n) is 11.9. The average Bonchev–Trinajstić information content (AvgIpc) is 2.47. The second kappa shape index (κ2) is 6.53. The van der Waals surface area contributed by atoms with Crippen molar-refractivity contribution in [2.24, 2.45) is 0 Å². The van der Waals surface area contributed by atoms with Crippen molar-refractivity contribution in [3.8, 4) is 0 Å². The van der Waals surface area contributed by atoms with E-state index in [4.69, 9.17) is 0 Å². The molecule has 1 aliphatic rings. The van der Waals surface area contributed by atoms with E-state index in [1.165, 1.54) is 12.1 Å². The summed E-state index contributed by atoms with van der Waals surface area (Å²) in [5.41, 5.74) is 0.832. The molecule has 2 N–H and O–H groups in total. The van der Waals surface area contributed by atoms with Gasteiger partial charge in [0.1, 0.15) is 5.69 Å². The summed E-state index contributed by atoms with van der Waals surface area (Å²) in [6, 6.07) is 4.39. The van der Waals surface area contributed by atoms with Crippen LogP contribution in [-0.2, 0) is 0 Å². The van der Waals surface area contributed by atoms with Crippen molar-refractivity contribution in [1.82, 2.24) is 5.32 Å². The number of benzene rings is 1. The fraction of sp³-hybridized carbons (Fsp3) is 0.500. The lowest BCUT2D eigenvalue weighted by molar-refractivity contribution is -0.384. The van der Waals surface area contributed by atoms with Crippen LogP contribution in [0.3, 0.4) is 0 Å². The van der Waals surface area contributed by atoms with E-state index in [-0.39, 0.29) is 17.7 Å². The molecule has 21 heavy (non-hydrogen) atoms. The van der Waals surface area contributed by atoms with Gasteiger partial charge in [0.15, 0.2) is 0 Å². The molecule has 1 fully saturated rings. The van der Waals surface area contributed by atoms with Crippen molar-refractivity contribution < 1.29 is 14.8 Å². The summed E-state index contributed by atoms with van der Waals surface area (Å²) in [6.07, 6.45) is 0.789. The molecule has 0 atom stereocenters. The highest BCUT2D eigenvalue weighted by molar-refractivity contribution is 5.96. The van der Waals surface area contributed by atoms with Gasteiger partial charge in [-0.3, -0.25) is 14.9 Å². The molecule has 1 saturated heterocycles. The van der Waals surface area contributed by atoms with E-state index in [9.17, 15) is 20.0 Å². The van der Waals surface area contributed by atoms with E-state index in [0.717, 1.165) is 0 Å². The summed E-state index contributed by atoms with van der Waals surface area (Å²) in [6.45, 7) is 3.40. The Morgan fingerprint density at radius 2 is 2.14 bits per heavy atom. The van der Waals surface area contributed by atoms with Crippen LogP contribution in [0.15, 0.2) is 18.2 Å². The monoisotopic (exact) mass is 293 g/mol. The lowest BCUT2D eigenvalue weighted by Crippen LogP contribution is -2.36. The molecule has 7 nitrogen and oxygen atoms in total. The third-order valence-electron chi connectivity index (χ3n) is 3.58. The number of nitro groups is 1. The Balaban J connectivity index is 2.33. The molecule has 1 aromatic carbocycles. The number of aliphatic hydroxyl groups is 1. The molecule has 0 saturated carbocycles. The van der Waals surface area contributed by atoms with Crippen LogP contribution >= 0.6 is 0 Å². The van der Waals surface area contributed by atoms with E-state index < -0.39 is 4.92 Å². The van der Waals surface area contributed by atoms with Crippen LogP contribution in [0.5, 0.6) is 0 Å². The summed E-state index contributed by atoms with van der Waals surface area (Å²) in [7, 11) is 0. The topological polar surface area (TPSA) is 95.7 Å². The zero-order valence-corrected chi connectivity index (χ0v) is 11.9. The molecular weight excluding hydrogens is 274 g/mol. The minimum absolute atomic E-state index is 0.0144. The van der Waals surface area contributed by atoms with Crippen LogP contribution in [0.2, 0.25) is 0 Å². The third kappa shape index (κ3) is 3.49. The molecule has 0 bridgehead atoms. The third-order valence-corrected chi connectivity index (χ3v) is 3.58. The number of carbonyl (C=O) groups is 1. The summed E-state index contributed by atoms with van der Waals surface area (Å²) in [5, 5.41) is 23.4. The van der Waals surface area contributed by atoms with Gasteiger partial charge in [0.2, 0.25) is 0 Å². The van der Waals surface area contributed by atoms with Crippen molar-refractivity contribution in [1.29, 1.82) is 0 Å². The second-order valence-electron chi connectivity index (χ2n) is 5.04. The van der Waals surface area contributed by atoms with Gasteiger partial charge in [0.25, 0.3) is 11.6 Å². The summed E-state index contributed by atoms with van der Waals surface area (Å²) >= 11 is 0. The molecular formula is C14H19N3O4. The molecule has 114 valence electrons. The summed E-state index contributed by atoms with van der Waals surface area (Å²) in [5.74, 6) is -0.245. The number of hydrogen-bond acceptors (Lipinski definition) is 5. The van der Waals surface area contributed by atoms with Gasteiger partial charge >= 0.3 is 0 Å². The first-order valence-electron chi connectivity index (χ1n) is 7.02. The van der Waals surface area contributed by atoms with Gasteiger partial charge in [0.05, 0.1) is 11.0 Å². The number of anilines is 1. The normalized spacial score (nSPS) is 15.8. The highest BCUT2D eigenvalue weighted by Crippen LogP contribution is 2.31. The van der Waals surface area contributed by atoms with E-state index >= 15 is 0 Å². The maximum absolute atomic E-state index is 11.9. The van der Waals surface area contributed by atoms with Crippen LogP contribution in [0.25, 0.3) is 0 Å². The predicted octanol–water partition coefficient (Wildman–Crippen LogP) is 1.31. The molecule has 1 amide bonds. The van der Waals surface area contributed by atoms with Gasteiger partial charge in [-0.05, 0) is 31.9 Å². The number of nitrogens with one attached hydrogen (secondary N) is 1. The molecule has 2 rings (SSSR count). The summed E-state index contributed by atoms with van der Waals surface area (Å²) < 4.78 is 0. The first-order chi connectivity index (χ1) is 10.0. The summed E-state index contributed by atoms with van der Waals surface area (Å²) in [4.78, 5) is 24.5. The van der Waals surface area contributed by atoms with E-state index in [2.05, 4.69) is 5.32 Å². The second-order valence-corrected chi connectivity index (χ2v) is 5.04. The Hall–Kier alpha value is -2.15. The molecule has 1 aromatic rings. The largest absolute Gasteiger partial charge is 0.393 e. The van der Waals surface area contributed by atoms with Crippen molar-refractivity contribution in [2.75, 3.05) is 24.5 Å². The lowest BCUT2D eigenvalue weighted by atomic mass is 10.1. The Bertz CT molecular complexity index is 539. The van der Waals surface area contributed by atoms with Crippen molar-refractivity contribution >= 4 is 17.3 Å². The number of nitrogens with zero attached hydrogens (tertiary/aromatic N) is 2. The van der Waals surface area contributed by atoms with Crippen LogP contribution in [0, 0.1) is 10.1 Å². The minimum atomic E-state index is -0.443. The quantitative estimate of drug-likeness (QED) is 0.644. The van der Waals surface area contributed by atoms with Gasteiger partial charge in [0, 0.05) is 31.3 Å². The lowest BCUT2D eigenvalue weighted by Gasteiger charge is -2.31. The standard InChI is InChI=1S/C14H19N3O4/c1-2-15-14(19)10-3-4-12(17(20)21)13(9-10)16-7-5-11(18)6-8-16/h3-4,9,11,18H,2,5-8H2,1H3,(H,15,19). The van der Waals surface area contributed by atoms with Crippen LogP contribution in [-0.4, -0.2) is 41.7 Å². The van der Waals surface area contributed by atoms with Crippen molar-refractivity contribution in [2.45, 2.75) is 25.9 Å². The van der Waals surface area contributed by atoms with Gasteiger partial charge in [-0.1, -0.05) is 0 Å². The minimum Gasteiger partial charge on any atom is -0.393 e. The molecule has 1 aliphatic heterocycles. The van der Waals surface area contributed by atoms with Crippen molar-refractivity contribution in [3.63, 3.8) is 0 Å². The first kappa shape index (κ1) is 15.2. The van der Waals surface area contributed by atoms with Gasteiger partial charge in [-0.25, -0.2) is 0 Å². The molecule has 7 heteroatoms. The van der Waals surface area contributed by atoms with E-state index in [1.807, 2.05) is 11.8 Å². The first-order valence-corrected chi connectivity index (χ1v) is 7.02. The molecule has 0 radical (unpaired) electrons. The Morgan fingerprint density at radius 3 is 2.71 bits per heavy atom. The highest BCUT2D eigenvalue weighted by Gasteiger charge is 2.25. The fourth-order valence-corrected chi connectivity index (χ4v) is 2.44. The van der Waals surface area contributed by atoms with E-state index in [1.54, 1.807) is 6.07 Å². The molecule has 0 aromatic heterocycles. The number of hydrogen-bond donors (Lipinski definition) is 2. The average molecular weight is 293 g/mol. The molecule has 1 heterocycles. The van der Waals surface area contributed by atoms with Crippen LogP contribution < -0.4 is 10.2 Å². The van der Waals surface area contributed by atoms with Gasteiger partial charge in [-0.2, -0.15) is 0 Å². The SMILES string of the molecule is CCNC(=O)c1ccc([N+](=O)[O-])c(N2CCC(O)CC2)c1. The Morgan fingerprint density at radius 1 is 1.48 bits per heavy atom.